The number of carbonyl (C=O) groups is 2. The Balaban J connectivity index is 1.33. The Labute approximate surface area is 200 Å². The van der Waals surface area contributed by atoms with Gasteiger partial charge in [-0.25, -0.2) is 13.4 Å². The highest BCUT2D eigenvalue weighted by Gasteiger charge is 2.40. The highest BCUT2D eigenvalue weighted by molar-refractivity contribution is 7.89. The van der Waals surface area contributed by atoms with E-state index in [1.54, 1.807) is 29.3 Å². The molecule has 3 aliphatic heterocycles. The van der Waals surface area contributed by atoms with Crippen LogP contribution in [0.2, 0.25) is 0 Å². The molecule has 0 aliphatic carbocycles. The maximum Gasteiger partial charge on any atom is 0.246 e. The van der Waals surface area contributed by atoms with E-state index in [1.165, 1.54) is 16.1 Å². The number of hydrogen-bond acceptors (Lipinski definition) is 6. The molecule has 5 rings (SSSR count). The number of piperazine rings is 1. The fourth-order valence-corrected chi connectivity index (χ4v) is 6.73. The van der Waals surface area contributed by atoms with E-state index in [2.05, 4.69) is 9.88 Å². The maximum atomic E-state index is 13.5. The minimum Gasteiger partial charge on any atom is -0.353 e. The second-order valence-electron chi connectivity index (χ2n) is 9.01. The van der Waals surface area contributed by atoms with Crippen LogP contribution in [0.15, 0.2) is 47.5 Å². The molecule has 3 aliphatic rings. The van der Waals surface area contributed by atoms with Crippen LogP contribution in [0.5, 0.6) is 0 Å². The summed E-state index contributed by atoms with van der Waals surface area (Å²) in [4.78, 5) is 36.1. The molecule has 0 bridgehead atoms. The van der Waals surface area contributed by atoms with Crippen LogP contribution in [0, 0.1) is 0 Å². The number of hydrogen-bond donors (Lipinski definition) is 0. The molecule has 2 aromatic rings. The van der Waals surface area contributed by atoms with Gasteiger partial charge >= 0.3 is 0 Å². The van der Waals surface area contributed by atoms with Crippen molar-refractivity contribution in [3.8, 4) is 0 Å². The topological polar surface area (TPSA) is 94.1 Å². The van der Waals surface area contributed by atoms with Crippen molar-refractivity contribution in [1.29, 1.82) is 0 Å². The standard InChI is InChI=1S/C24H29N5O4S/c1-18(30)29-21-8-7-20(34(32,33)28-10-4-5-11-28)16-19(21)17-22(29)24(31)27-14-12-26(13-15-27)23-6-2-3-9-25-23/h2-3,6-9,16,22H,4-5,10-15,17H2,1H3/t22-/m1/s1. The molecule has 2 amide bonds. The summed E-state index contributed by atoms with van der Waals surface area (Å²) < 4.78 is 27.6. The largest absolute Gasteiger partial charge is 0.353 e. The van der Waals surface area contributed by atoms with E-state index in [0.29, 0.717) is 51.4 Å². The van der Waals surface area contributed by atoms with Crippen molar-refractivity contribution in [2.24, 2.45) is 0 Å². The van der Waals surface area contributed by atoms with Gasteiger partial charge in [-0.3, -0.25) is 14.5 Å². The van der Waals surface area contributed by atoms with Gasteiger partial charge in [-0.2, -0.15) is 4.31 Å². The first-order chi connectivity index (χ1) is 16.4. The van der Waals surface area contributed by atoms with Crippen LogP contribution in [-0.2, 0) is 26.0 Å². The predicted octanol–water partition coefficient (Wildman–Crippen LogP) is 1.49. The number of fused-ring (bicyclic) bond motifs is 1. The van der Waals surface area contributed by atoms with Crippen LogP contribution >= 0.6 is 0 Å². The number of pyridine rings is 1. The average Bonchev–Trinajstić information content (AvgIpc) is 3.52. The zero-order valence-corrected chi connectivity index (χ0v) is 20.1. The first-order valence-corrected chi connectivity index (χ1v) is 13.2. The van der Waals surface area contributed by atoms with Gasteiger partial charge in [-0.15, -0.1) is 0 Å². The third-order valence-corrected chi connectivity index (χ3v) is 8.82. The Bertz CT molecular complexity index is 1190. The number of sulfonamides is 1. The van der Waals surface area contributed by atoms with Crippen molar-refractivity contribution >= 4 is 33.3 Å². The molecule has 1 atom stereocenters. The molecule has 180 valence electrons. The number of anilines is 2. The molecule has 2 saturated heterocycles. The summed E-state index contributed by atoms with van der Waals surface area (Å²) >= 11 is 0. The van der Waals surface area contributed by atoms with Crippen molar-refractivity contribution in [2.45, 2.75) is 37.1 Å². The zero-order chi connectivity index (χ0) is 23.9. The van der Waals surface area contributed by atoms with E-state index in [0.717, 1.165) is 24.2 Å². The van der Waals surface area contributed by atoms with Crippen LogP contribution in [0.3, 0.4) is 0 Å². The van der Waals surface area contributed by atoms with Gasteiger partial charge < -0.3 is 9.80 Å². The Kier molecular flexibility index (Phi) is 6.03. The monoisotopic (exact) mass is 483 g/mol. The summed E-state index contributed by atoms with van der Waals surface area (Å²) in [5.41, 5.74) is 1.35. The first-order valence-electron chi connectivity index (χ1n) is 11.7. The van der Waals surface area contributed by atoms with Gasteiger partial charge in [0, 0.05) is 64.5 Å². The second-order valence-corrected chi connectivity index (χ2v) is 10.9. The molecule has 0 saturated carbocycles. The lowest BCUT2D eigenvalue weighted by Gasteiger charge is -2.37. The third kappa shape index (κ3) is 4.05. The summed E-state index contributed by atoms with van der Waals surface area (Å²) in [6.45, 7) is 4.94. The molecule has 9 nitrogen and oxygen atoms in total. The average molecular weight is 484 g/mol. The van der Waals surface area contributed by atoms with Crippen molar-refractivity contribution in [2.75, 3.05) is 49.1 Å². The molecule has 1 aromatic heterocycles. The molecule has 4 heterocycles. The summed E-state index contributed by atoms with van der Waals surface area (Å²) in [6, 6.07) is 9.99. The smallest absolute Gasteiger partial charge is 0.246 e. The fraction of sp³-hybridized carbons (Fsp3) is 0.458. The number of amides is 2. The van der Waals surface area contributed by atoms with Gasteiger partial charge in [0.25, 0.3) is 0 Å². The van der Waals surface area contributed by atoms with Crippen molar-refractivity contribution in [3.05, 3.63) is 48.2 Å². The van der Waals surface area contributed by atoms with Gasteiger partial charge in [0.15, 0.2) is 0 Å². The van der Waals surface area contributed by atoms with Crippen LogP contribution in [0.4, 0.5) is 11.5 Å². The molecule has 0 radical (unpaired) electrons. The van der Waals surface area contributed by atoms with E-state index in [9.17, 15) is 18.0 Å². The predicted molar refractivity (Wildman–Crippen MR) is 128 cm³/mol. The lowest BCUT2D eigenvalue weighted by molar-refractivity contribution is -0.134. The number of aromatic nitrogens is 1. The van der Waals surface area contributed by atoms with Crippen molar-refractivity contribution < 1.29 is 18.0 Å². The van der Waals surface area contributed by atoms with Crippen LogP contribution in [0.25, 0.3) is 0 Å². The number of benzene rings is 1. The van der Waals surface area contributed by atoms with Gasteiger partial charge in [-0.1, -0.05) is 6.07 Å². The van der Waals surface area contributed by atoms with Gasteiger partial charge in [0.2, 0.25) is 21.8 Å². The maximum absolute atomic E-state index is 13.5. The minimum atomic E-state index is -3.57. The lowest BCUT2D eigenvalue weighted by atomic mass is 10.1. The van der Waals surface area contributed by atoms with E-state index in [4.69, 9.17) is 0 Å². The molecule has 1 aromatic carbocycles. The first kappa shape index (κ1) is 22.8. The zero-order valence-electron chi connectivity index (χ0n) is 19.3. The molecular weight excluding hydrogens is 454 g/mol. The summed E-state index contributed by atoms with van der Waals surface area (Å²) in [7, 11) is -3.57. The highest BCUT2D eigenvalue weighted by atomic mass is 32.2. The Hall–Kier alpha value is -2.98. The van der Waals surface area contributed by atoms with Crippen LogP contribution < -0.4 is 9.80 Å². The van der Waals surface area contributed by atoms with E-state index >= 15 is 0 Å². The number of carbonyl (C=O) groups excluding carboxylic acids is 2. The summed E-state index contributed by atoms with van der Waals surface area (Å²) in [5, 5.41) is 0. The fourth-order valence-electron chi connectivity index (χ4n) is 5.16. The normalized spacial score (nSPS) is 21.1. The Morgan fingerprint density at radius 1 is 0.971 bits per heavy atom. The Morgan fingerprint density at radius 2 is 1.71 bits per heavy atom. The lowest BCUT2D eigenvalue weighted by Crippen LogP contribution is -2.55. The quantitative estimate of drug-likeness (QED) is 0.654. The van der Waals surface area contributed by atoms with E-state index < -0.39 is 16.1 Å². The summed E-state index contributed by atoms with van der Waals surface area (Å²) in [6.07, 6.45) is 3.81. The highest BCUT2D eigenvalue weighted by Crippen LogP contribution is 2.36. The number of rotatable bonds is 4. The molecule has 0 unspecified atom stereocenters. The SMILES string of the molecule is CC(=O)N1c2ccc(S(=O)(=O)N3CCCC3)cc2C[C@@H]1C(=O)N1CCN(c2ccccn2)CC1. The molecule has 10 heteroatoms. The van der Waals surface area contributed by atoms with Crippen LogP contribution in [0.1, 0.15) is 25.3 Å². The third-order valence-electron chi connectivity index (χ3n) is 6.93. The van der Waals surface area contributed by atoms with Crippen molar-refractivity contribution in [3.63, 3.8) is 0 Å². The number of nitrogens with zero attached hydrogens (tertiary/aromatic N) is 5. The minimum absolute atomic E-state index is 0.101. The van der Waals surface area contributed by atoms with Gasteiger partial charge in [0.1, 0.15) is 11.9 Å². The molecule has 0 N–H and O–H groups in total. The molecule has 2 fully saturated rings. The molecule has 0 spiro atoms. The van der Waals surface area contributed by atoms with Crippen molar-refractivity contribution in [1.82, 2.24) is 14.2 Å². The summed E-state index contributed by atoms with van der Waals surface area (Å²) in [5.74, 6) is 0.565. The van der Waals surface area contributed by atoms with Gasteiger partial charge in [0.05, 0.1) is 4.90 Å². The van der Waals surface area contributed by atoms with Crippen LogP contribution in [-0.4, -0.2) is 79.7 Å². The second kappa shape index (κ2) is 8.99. The van der Waals surface area contributed by atoms with Gasteiger partial charge in [-0.05, 0) is 48.7 Å². The van der Waals surface area contributed by atoms with E-state index in [-0.39, 0.29) is 16.7 Å². The Morgan fingerprint density at radius 3 is 2.35 bits per heavy atom. The molecular formula is C24H29N5O4S. The van der Waals surface area contributed by atoms with E-state index in [1.807, 2.05) is 18.2 Å². The molecule has 34 heavy (non-hydrogen) atoms.